The third kappa shape index (κ3) is 3.99. The molecular formula is C36H29N5O. The van der Waals surface area contributed by atoms with Crippen LogP contribution >= 0.6 is 0 Å². The summed E-state index contributed by atoms with van der Waals surface area (Å²) < 4.78 is 4.45. The highest BCUT2D eigenvalue weighted by molar-refractivity contribution is 5.95. The Balaban J connectivity index is 1.03. The van der Waals surface area contributed by atoms with E-state index in [0.29, 0.717) is 13.0 Å². The zero-order valence-electron chi connectivity index (χ0n) is 23.0. The van der Waals surface area contributed by atoms with Gasteiger partial charge in [0.1, 0.15) is 0 Å². The molecule has 4 aromatic carbocycles. The summed E-state index contributed by atoms with van der Waals surface area (Å²) in [5, 5.41) is 7.83. The minimum absolute atomic E-state index is 0.0252. The van der Waals surface area contributed by atoms with Gasteiger partial charge in [0, 0.05) is 63.9 Å². The van der Waals surface area contributed by atoms with Gasteiger partial charge in [0.05, 0.1) is 28.8 Å². The van der Waals surface area contributed by atoms with Crippen LogP contribution in [0.4, 0.5) is 0 Å². The summed E-state index contributed by atoms with van der Waals surface area (Å²) in [5.41, 5.74) is 8.91. The predicted octanol–water partition coefficient (Wildman–Crippen LogP) is 7.44. The van der Waals surface area contributed by atoms with Crippen LogP contribution in [0.25, 0.3) is 55.0 Å². The number of H-pyrrole nitrogens is 2. The van der Waals surface area contributed by atoms with Crippen molar-refractivity contribution >= 4 is 49.5 Å². The SMILES string of the molecule is O=C(Cc1cn(-c2c[nH]c3ccccc23)c2ccccc12)NCCc1cn(-c2c[nH]c3ccccc23)c2ccccc12. The lowest BCUT2D eigenvalue weighted by atomic mass is 10.1. The third-order valence-electron chi connectivity index (χ3n) is 8.31. The first kappa shape index (κ1) is 24.3. The van der Waals surface area contributed by atoms with Crippen LogP contribution in [0.1, 0.15) is 11.1 Å². The van der Waals surface area contributed by atoms with Crippen LogP contribution in [-0.2, 0) is 17.6 Å². The number of carbonyl (C=O) groups is 1. The molecule has 0 fully saturated rings. The molecule has 0 unspecified atom stereocenters. The molecule has 1 amide bonds. The number of para-hydroxylation sites is 4. The number of rotatable bonds is 7. The Bertz CT molecular complexity index is 2240. The Kier molecular flexibility index (Phi) is 5.71. The highest BCUT2D eigenvalue weighted by Crippen LogP contribution is 2.31. The maximum absolute atomic E-state index is 13.2. The van der Waals surface area contributed by atoms with Gasteiger partial charge in [0.2, 0.25) is 5.91 Å². The molecule has 204 valence electrons. The van der Waals surface area contributed by atoms with Crippen molar-refractivity contribution in [1.29, 1.82) is 0 Å². The third-order valence-corrected chi connectivity index (χ3v) is 8.31. The van der Waals surface area contributed by atoms with Crippen LogP contribution in [0.2, 0.25) is 0 Å². The van der Waals surface area contributed by atoms with Gasteiger partial charge in [-0.15, -0.1) is 0 Å². The van der Waals surface area contributed by atoms with Gasteiger partial charge < -0.3 is 24.4 Å². The van der Waals surface area contributed by atoms with Gasteiger partial charge in [-0.1, -0.05) is 72.8 Å². The van der Waals surface area contributed by atoms with E-state index in [2.05, 4.69) is 116 Å². The number of hydrogen-bond donors (Lipinski definition) is 3. The lowest BCUT2D eigenvalue weighted by Gasteiger charge is -2.05. The van der Waals surface area contributed by atoms with Crippen molar-refractivity contribution in [2.45, 2.75) is 12.8 Å². The molecule has 0 aliphatic heterocycles. The number of carbonyl (C=O) groups excluding carboxylic acids is 1. The summed E-state index contributed by atoms with van der Waals surface area (Å²) in [6.07, 6.45) is 9.49. The average molecular weight is 548 g/mol. The van der Waals surface area contributed by atoms with E-state index in [0.717, 1.165) is 56.2 Å². The van der Waals surface area contributed by atoms with Crippen molar-refractivity contribution < 1.29 is 4.79 Å². The standard InChI is InChI=1S/C36H29N5O/c42-36(19-25-23-41(33-16-8-4-10-27(25)33)35-21-39-31-14-6-2-12-29(31)35)37-18-17-24-22-40(32-15-7-3-9-26(24)32)34-20-38-30-13-5-1-11-28(30)34/h1-16,20-23,38-39H,17-19H2,(H,37,42). The van der Waals surface area contributed by atoms with E-state index < -0.39 is 0 Å². The zero-order valence-corrected chi connectivity index (χ0v) is 23.0. The second-order valence-corrected chi connectivity index (χ2v) is 10.8. The number of nitrogens with one attached hydrogen (secondary N) is 3. The van der Waals surface area contributed by atoms with E-state index in [-0.39, 0.29) is 5.91 Å². The molecule has 0 radical (unpaired) electrons. The maximum Gasteiger partial charge on any atom is 0.224 e. The first-order valence-corrected chi connectivity index (χ1v) is 14.3. The average Bonchev–Trinajstić information content (AvgIpc) is 3.81. The van der Waals surface area contributed by atoms with Crippen molar-refractivity contribution in [3.63, 3.8) is 0 Å². The molecule has 6 heteroatoms. The van der Waals surface area contributed by atoms with Gasteiger partial charge in [-0.25, -0.2) is 0 Å². The van der Waals surface area contributed by atoms with Crippen LogP contribution in [0, 0.1) is 0 Å². The lowest BCUT2D eigenvalue weighted by molar-refractivity contribution is -0.120. The fraction of sp³-hybridized carbons (Fsp3) is 0.0833. The van der Waals surface area contributed by atoms with E-state index in [4.69, 9.17) is 0 Å². The number of nitrogens with zero attached hydrogens (tertiary/aromatic N) is 2. The molecule has 0 aliphatic rings. The molecule has 42 heavy (non-hydrogen) atoms. The monoisotopic (exact) mass is 547 g/mol. The van der Waals surface area contributed by atoms with E-state index in [1.165, 1.54) is 16.3 Å². The van der Waals surface area contributed by atoms with Crippen molar-refractivity contribution in [3.8, 4) is 11.4 Å². The number of aromatic amines is 2. The second kappa shape index (κ2) is 9.85. The fourth-order valence-electron chi connectivity index (χ4n) is 6.32. The van der Waals surface area contributed by atoms with Gasteiger partial charge in [-0.3, -0.25) is 4.79 Å². The van der Waals surface area contributed by atoms with Gasteiger partial charge in [0.25, 0.3) is 0 Å². The molecule has 0 saturated heterocycles. The van der Waals surface area contributed by atoms with Gasteiger partial charge >= 0.3 is 0 Å². The Morgan fingerprint density at radius 2 is 1.07 bits per heavy atom. The molecule has 6 nitrogen and oxygen atoms in total. The number of benzene rings is 4. The summed E-state index contributed by atoms with van der Waals surface area (Å²) in [6, 6.07) is 33.4. The van der Waals surface area contributed by atoms with Crippen LogP contribution in [0.15, 0.2) is 122 Å². The van der Waals surface area contributed by atoms with Crippen LogP contribution in [0.5, 0.6) is 0 Å². The summed E-state index contributed by atoms with van der Waals surface area (Å²) in [7, 11) is 0. The molecule has 0 aliphatic carbocycles. The quantitative estimate of drug-likeness (QED) is 0.191. The normalized spacial score (nSPS) is 11.7. The highest BCUT2D eigenvalue weighted by Gasteiger charge is 2.16. The van der Waals surface area contributed by atoms with Gasteiger partial charge in [-0.05, 0) is 41.8 Å². The van der Waals surface area contributed by atoms with E-state index >= 15 is 0 Å². The van der Waals surface area contributed by atoms with Gasteiger partial charge in [-0.2, -0.15) is 0 Å². The Morgan fingerprint density at radius 3 is 1.67 bits per heavy atom. The molecule has 0 atom stereocenters. The second-order valence-electron chi connectivity index (χ2n) is 10.8. The summed E-state index contributed by atoms with van der Waals surface area (Å²) in [4.78, 5) is 20.0. The van der Waals surface area contributed by atoms with Crippen LogP contribution in [-0.4, -0.2) is 31.6 Å². The van der Waals surface area contributed by atoms with Gasteiger partial charge in [0.15, 0.2) is 0 Å². The molecule has 8 rings (SSSR count). The predicted molar refractivity (Wildman–Crippen MR) is 171 cm³/mol. The smallest absolute Gasteiger partial charge is 0.224 e. The molecule has 0 saturated carbocycles. The largest absolute Gasteiger partial charge is 0.359 e. The minimum Gasteiger partial charge on any atom is -0.359 e. The lowest BCUT2D eigenvalue weighted by Crippen LogP contribution is -2.27. The molecule has 8 aromatic rings. The van der Waals surface area contributed by atoms with Crippen LogP contribution < -0.4 is 5.32 Å². The highest BCUT2D eigenvalue weighted by atomic mass is 16.1. The maximum atomic E-state index is 13.2. The molecular weight excluding hydrogens is 518 g/mol. The Hall–Kier alpha value is -5.49. The first-order valence-electron chi connectivity index (χ1n) is 14.3. The first-order chi connectivity index (χ1) is 20.7. The number of hydrogen-bond acceptors (Lipinski definition) is 1. The van der Waals surface area contributed by atoms with E-state index in [1.54, 1.807) is 0 Å². The number of aromatic nitrogens is 4. The van der Waals surface area contributed by atoms with E-state index in [9.17, 15) is 4.79 Å². The molecule has 3 N–H and O–H groups in total. The molecule has 4 heterocycles. The Labute approximate surface area is 242 Å². The number of amides is 1. The van der Waals surface area contributed by atoms with E-state index in [1.807, 2.05) is 30.5 Å². The summed E-state index contributed by atoms with van der Waals surface area (Å²) in [6.45, 7) is 0.571. The molecule has 0 bridgehead atoms. The topological polar surface area (TPSA) is 70.5 Å². The molecule has 4 aromatic heterocycles. The van der Waals surface area contributed by atoms with Crippen LogP contribution in [0.3, 0.4) is 0 Å². The molecule has 0 spiro atoms. The zero-order chi connectivity index (χ0) is 28.0. The minimum atomic E-state index is 0.0252. The summed E-state index contributed by atoms with van der Waals surface area (Å²) >= 11 is 0. The summed E-state index contributed by atoms with van der Waals surface area (Å²) in [5.74, 6) is 0.0252. The van der Waals surface area contributed by atoms with Crippen molar-refractivity contribution in [3.05, 3.63) is 133 Å². The van der Waals surface area contributed by atoms with Crippen molar-refractivity contribution in [2.75, 3.05) is 6.54 Å². The fourth-order valence-corrected chi connectivity index (χ4v) is 6.32. The van der Waals surface area contributed by atoms with Crippen molar-refractivity contribution in [2.24, 2.45) is 0 Å². The van der Waals surface area contributed by atoms with Crippen molar-refractivity contribution in [1.82, 2.24) is 24.4 Å². The number of fused-ring (bicyclic) bond motifs is 4. The Morgan fingerprint density at radius 1 is 0.595 bits per heavy atom.